The minimum Gasteiger partial charge on any atom is -0.410 e. The number of aryl methyl sites for hydroxylation is 1. The lowest BCUT2D eigenvalue weighted by Gasteiger charge is -2.12. The standard InChI is InChI=1S/C18H20F2N2O3/c19-14-6-12(7-15(20)9-14)4-5-16(23)11-22-10-13-2-1-3-17(8-13)25-18(21)24/h1-3,6-9,16,22-23H,4-5,10-11H2,(H2,21,24). The summed E-state index contributed by atoms with van der Waals surface area (Å²) in [5.74, 6) is -0.901. The molecule has 2 rings (SSSR count). The molecule has 0 aromatic heterocycles. The second kappa shape index (κ2) is 9.10. The van der Waals surface area contributed by atoms with Gasteiger partial charge in [0.25, 0.3) is 0 Å². The first-order valence-corrected chi connectivity index (χ1v) is 7.82. The van der Waals surface area contributed by atoms with Gasteiger partial charge in [-0.3, -0.25) is 0 Å². The average Bonchev–Trinajstić information content (AvgIpc) is 2.52. The van der Waals surface area contributed by atoms with E-state index in [2.05, 4.69) is 5.32 Å². The van der Waals surface area contributed by atoms with E-state index in [-0.39, 0.29) is 0 Å². The van der Waals surface area contributed by atoms with Gasteiger partial charge < -0.3 is 20.9 Å². The third-order valence-corrected chi connectivity index (χ3v) is 3.51. The third-order valence-electron chi connectivity index (χ3n) is 3.51. The minimum absolute atomic E-state index is 0.318. The van der Waals surface area contributed by atoms with Crippen LogP contribution in [0.2, 0.25) is 0 Å². The van der Waals surface area contributed by atoms with Crippen LogP contribution in [0, 0.1) is 11.6 Å². The minimum atomic E-state index is -0.880. The van der Waals surface area contributed by atoms with Crippen molar-refractivity contribution in [3.05, 3.63) is 65.2 Å². The van der Waals surface area contributed by atoms with Gasteiger partial charge >= 0.3 is 6.09 Å². The quantitative estimate of drug-likeness (QED) is 0.683. The summed E-state index contributed by atoms with van der Waals surface area (Å²) >= 11 is 0. The van der Waals surface area contributed by atoms with E-state index in [1.165, 1.54) is 12.1 Å². The van der Waals surface area contributed by atoms with Gasteiger partial charge in [0.15, 0.2) is 0 Å². The molecule has 2 aromatic carbocycles. The van der Waals surface area contributed by atoms with Crippen molar-refractivity contribution in [1.29, 1.82) is 0 Å². The highest BCUT2D eigenvalue weighted by Gasteiger charge is 2.07. The Hall–Kier alpha value is -2.51. The Balaban J connectivity index is 1.75. The van der Waals surface area contributed by atoms with Gasteiger partial charge in [-0.05, 0) is 48.2 Å². The van der Waals surface area contributed by atoms with Crippen molar-refractivity contribution in [3.8, 4) is 5.75 Å². The van der Waals surface area contributed by atoms with Gasteiger partial charge in [-0.2, -0.15) is 0 Å². The van der Waals surface area contributed by atoms with Crippen molar-refractivity contribution in [3.63, 3.8) is 0 Å². The maximum absolute atomic E-state index is 13.1. The summed E-state index contributed by atoms with van der Waals surface area (Å²) in [6.07, 6.45) is -0.786. The number of primary amides is 1. The Morgan fingerprint density at radius 3 is 2.56 bits per heavy atom. The Labute approximate surface area is 144 Å². The van der Waals surface area contributed by atoms with E-state index in [0.29, 0.717) is 37.2 Å². The summed E-state index contributed by atoms with van der Waals surface area (Å²) in [5.41, 5.74) is 6.32. The topological polar surface area (TPSA) is 84.6 Å². The SMILES string of the molecule is NC(=O)Oc1cccc(CNCC(O)CCc2cc(F)cc(F)c2)c1. The van der Waals surface area contributed by atoms with Crippen molar-refractivity contribution in [2.45, 2.75) is 25.5 Å². The van der Waals surface area contributed by atoms with Crippen LogP contribution in [0.3, 0.4) is 0 Å². The number of carbonyl (C=O) groups is 1. The molecule has 0 radical (unpaired) electrons. The van der Waals surface area contributed by atoms with Gasteiger partial charge in [0.1, 0.15) is 17.4 Å². The molecule has 0 fully saturated rings. The summed E-state index contributed by atoms with van der Waals surface area (Å²) in [4.78, 5) is 10.7. The van der Waals surface area contributed by atoms with Crippen LogP contribution in [0.5, 0.6) is 5.75 Å². The van der Waals surface area contributed by atoms with E-state index in [0.717, 1.165) is 11.6 Å². The zero-order valence-electron chi connectivity index (χ0n) is 13.5. The number of nitrogens with two attached hydrogens (primary N) is 1. The molecule has 0 aliphatic rings. The number of hydrogen-bond donors (Lipinski definition) is 3. The number of ether oxygens (including phenoxy) is 1. The third kappa shape index (κ3) is 6.86. The van der Waals surface area contributed by atoms with Crippen LogP contribution in [0.15, 0.2) is 42.5 Å². The zero-order valence-corrected chi connectivity index (χ0v) is 13.5. The first-order chi connectivity index (χ1) is 11.9. The van der Waals surface area contributed by atoms with E-state index in [1.54, 1.807) is 18.2 Å². The number of benzene rings is 2. The number of nitrogens with one attached hydrogen (secondary N) is 1. The fourth-order valence-corrected chi connectivity index (χ4v) is 2.41. The molecule has 0 saturated heterocycles. The van der Waals surface area contributed by atoms with Crippen molar-refractivity contribution in [1.82, 2.24) is 5.32 Å². The zero-order chi connectivity index (χ0) is 18.2. The van der Waals surface area contributed by atoms with Gasteiger partial charge in [0, 0.05) is 19.2 Å². The largest absolute Gasteiger partial charge is 0.410 e. The molecule has 0 bridgehead atoms. The lowest BCUT2D eigenvalue weighted by molar-refractivity contribution is 0.161. The molecule has 5 nitrogen and oxygen atoms in total. The molecule has 1 amide bonds. The number of rotatable bonds is 8. The van der Waals surface area contributed by atoms with E-state index in [9.17, 15) is 18.7 Å². The van der Waals surface area contributed by atoms with Crippen LogP contribution < -0.4 is 15.8 Å². The summed E-state index contributed by atoms with van der Waals surface area (Å²) < 4.78 is 31.0. The van der Waals surface area contributed by atoms with E-state index in [1.807, 2.05) is 6.07 Å². The Morgan fingerprint density at radius 1 is 1.16 bits per heavy atom. The fraction of sp³-hybridized carbons (Fsp3) is 0.278. The fourth-order valence-electron chi connectivity index (χ4n) is 2.41. The van der Waals surface area contributed by atoms with Crippen LogP contribution >= 0.6 is 0 Å². The molecule has 134 valence electrons. The summed E-state index contributed by atoms with van der Waals surface area (Å²) in [6, 6.07) is 10.2. The van der Waals surface area contributed by atoms with Crippen LogP contribution in [-0.4, -0.2) is 23.8 Å². The highest BCUT2D eigenvalue weighted by atomic mass is 19.1. The van der Waals surface area contributed by atoms with Crippen LogP contribution in [0.4, 0.5) is 13.6 Å². The Kier molecular flexibility index (Phi) is 6.85. The Bertz CT molecular complexity index is 705. The molecule has 4 N–H and O–H groups in total. The van der Waals surface area contributed by atoms with Crippen molar-refractivity contribution < 1.29 is 23.4 Å². The summed E-state index contributed by atoms with van der Waals surface area (Å²) in [5, 5.41) is 13.0. The predicted molar refractivity (Wildman–Crippen MR) is 89.0 cm³/mol. The second-order valence-electron chi connectivity index (χ2n) is 5.67. The number of amides is 1. The summed E-state index contributed by atoms with van der Waals surface area (Å²) in [7, 11) is 0. The Morgan fingerprint density at radius 2 is 1.88 bits per heavy atom. The van der Waals surface area contributed by atoms with Gasteiger partial charge in [-0.25, -0.2) is 13.6 Å². The highest BCUT2D eigenvalue weighted by Crippen LogP contribution is 2.13. The number of hydrogen-bond acceptors (Lipinski definition) is 4. The maximum atomic E-state index is 13.1. The molecule has 0 saturated carbocycles. The summed E-state index contributed by atoms with van der Waals surface area (Å²) in [6.45, 7) is 0.778. The molecule has 7 heteroatoms. The molecule has 0 aliphatic heterocycles. The van der Waals surface area contributed by atoms with Crippen LogP contribution in [0.25, 0.3) is 0 Å². The average molecular weight is 350 g/mol. The molecule has 25 heavy (non-hydrogen) atoms. The van der Waals surface area contributed by atoms with E-state index in [4.69, 9.17) is 10.5 Å². The predicted octanol–water partition coefficient (Wildman–Crippen LogP) is 2.51. The molecule has 1 unspecified atom stereocenters. The molecule has 2 aromatic rings. The van der Waals surface area contributed by atoms with Gasteiger partial charge in [0.2, 0.25) is 0 Å². The molecular weight excluding hydrogens is 330 g/mol. The van der Waals surface area contributed by atoms with Gasteiger partial charge in [0.05, 0.1) is 6.10 Å². The van der Waals surface area contributed by atoms with E-state index < -0.39 is 23.8 Å². The van der Waals surface area contributed by atoms with Crippen molar-refractivity contribution >= 4 is 6.09 Å². The molecule has 0 heterocycles. The lowest BCUT2D eigenvalue weighted by Crippen LogP contribution is -2.26. The smallest absolute Gasteiger partial charge is 0.409 e. The number of carbonyl (C=O) groups excluding carboxylic acids is 1. The van der Waals surface area contributed by atoms with Crippen LogP contribution in [0.1, 0.15) is 17.5 Å². The van der Waals surface area contributed by atoms with Crippen molar-refractivity contribution in [2.75, 3.05) is 6.54 Å². The number of aliphatic hydroxyl groups is 1. The van der Waals surface area contributed by atoms with Crippen LogP contribution in [-0.2, 0) is 13.0 Å². The number of halogens is 2. The first kappa shape index (κ1) is 18.8. The second-order valence-corrected chi connectivity index (χ2v) is 5.67. The van der Waals surface area contributed by atoms with Gasteiger partial charge in [-0.15, -0.1) is 0 Å². The molecule has 0 spiro atoms. The monoisotopic (exact) mass is 350 g/mol. The van der Waals surface area contributed by atoms with Crippen molar-refractivity contribution in [2.24, 2.45) is 5.73 Å². The van der Waals surface area contributed by atoms with E-state index >= 15 is 0 Å². The molecular formula is C18H20F2N2O3. The highest BCUT2D eigenvalue weighted by molar-refractivity contribution is 5.68. The normalized spacial score (nSPS) is 12.0. The molecule has 0 aliphatic carbocycles. The number of aliphatic hydroxyl groups excluding tert-OH is 1. The lowest BCUT2D eigenvalue weighted by atomic mass is 10.1. The first-order valence-electron chi connectivity index (χ1n) is 7.82. The maximum Gasteiger partial charge on any atom is 0.409 e. The molecule has 1 atom stereocenters. The van der Waals surface area contributed by atoms with Gasteiger partial charge in [-0.1, -0.05) is 12.1 Å².